The lowest BCUT2D eigenvalue weighted by Crippen LogP contribution is -2.45. The number of hydrogen-bond acceptors (Lipinski definition) is 5. The number of rotatable bonds is 63. The van der Waals surface area contributed by atoms with E-state index in [1.54, 1.807) is 6.08 Å². The zero-order chi connectivity index (χ0) is 52.9. The Labute approximate surface area is 457 Å². The molecule has 0 aromatic heterocycles. The molecule has 0 spiro atoms. The molecule has 0 aliphatic carbocycles. The highest BCUT2D eigenvalue weighted by atomic mass is 16.5. The van der Waals surface area contributed by atoms with Crippen molar-refractivity contribution in [3.05, 3.63) is 12.2 Å². The molecule has 0 rings (SSSR count). The Kier molecular flexibility index (Phi) is 61.9. The smallest absolute Gasteiger partial charge is 0.305 e. The number of hydrogen-bond donors (Lipinski definition) is 3. The van der Waals surface area contributed by atoms with Crippen molar-refractivity contribution in [2.45, 2.75) is 392 Å². The number of aliphatic hydroxyl groups excluding tert-OH is 2. The zero-order valence-corrected chi connectivity index (χ0v) is 49.6. The SMILES string of the molecule is CCCCCCCCCCCCCCCCCCCCCCCC/C=C/C(O)C(CO)NC(=O)CCCCCCCCCCCCCCCCCCCCCOC(=O)CCCCCCCCCCCCCCC. The lowest BCUT2D eigenvalue weighted by Gasteiger charge is -2.20. The van der Waals surface area contributed by atoms with E-state index in [1.807, 2.05) is 6.08 Å². The molecule has 0 aromatic rings. The highest BCUT2D eigenvalue weighted by Crippen LogP contribution is 2.19. The first kappa shape index (κ1) is 71.6. The molecular formula is C67H131NO5. The van der Waals surface area contributed by atoms with Crippen LogP contribution in [0.1, 0.15) is 380 Å². The van der Waals surface area contributed by atoms with Crippen molar-refractivity contribution >= 4 is 11.9 Å². The third kappa shape index (κ3) is 59.7. The molecule has 0 heterocycles. The zero-order valence-electron chi connectivity index (χ0n) is 49.6. The Morgan fingerprint density at radius 1 is 0.370 bits per heavy atom. The van der Waals surface area contributed by atoms with Crippen LogP contribution >= 0.6 is 0 Å². The van der Waals surface area contributed by atoms with Crippen molar-refractivity contribution in [2.75, 3.05) is 13.2 Å². The van der Waals surface area contributed by atoms with Crippen molar-refractivity contribution in [2.24, 2.45) is 0 Å². The van der Waals surface area contributed by atoms with Crippen LogP contribution in [0.15, 0.2) is 12.2 Å². The number of esters is 1. The number of allylic oxidation sites excluding steroid dienone is 1. The topological polar surface area (TPSA) is 95.9 Å². The monoisotopic (exact) mass is 1030 g/mol. The van der Waals surface area contributed by atoms with Crippen LogP contribution in [0.25, 0.3) is 0 Å². The molecule has 434 valence electrons. The Balaban J connectivity index is 3.42. The predicted molar refractivity (Wildman–Crippen MR) is 320 cm³/mol. The number of nitrogens with one attached hydrogen (secondary N) is 1. The molecule has 0 aliphatic heterocycles. The van der Waals surface area contributed by atoms with E-state index in [0.29, 0.717) is 19.4 Å². The van der Waals surface area contributed by atoms with Gasteiger partial charge in [-0.15, -0.1) is 0 Å². The molecule has 0 saturated heterocycles. The third-order valence-corrected chi connectivity index (χ3v) is 15.8. The van der Waals surface area contributed by atoms with E-state index in [4.69, 9.17) is 4.74 Å². The number of aliphatic hydroxyl groups is 2. The van der Waals surface area contributed by atoms with Gasteiger partial charge in [0.2, 0.25) is 5.91 Å². The molecule has 3 N–H and O–H groups in total. The number of carbonyl (C=O) groups excluding carboxylic acids is 2. The standard InChI is InChI=1S/C67H131NO5/c1-3-5-7-9-11-13-15-17-18-19-20-21-22-23-24-26-29-32-36-39-43-47-51-55-59-65(70)64(63-69)68-66(71)60-56-52-48-44-40-37-33-30-27-25-28-31-34-38-42-46-50-54-58-62-73-67(72)61-57-53-49-45-41-35-16-14-12-10-8-6-4-2/h55,59,64-65,69-70H,3-54,56-58,60-63H2,1-2H3,(H,68,71)/b59-55+. The van der Waals surface area contributed by atoms with Crippen LogP contribution in [0.3, 0.4) is 0 Å². The Bertz CT molecular complexity index is 1100. The van der Waals surface area contributed by atoms with Crippen LogP contribution in [0.2, 0.25) is 0 Å². The molecule has 0 saturated carbocycles. The van der Waals surface area contributed by atoms with Gasteiger partial charge in [0.05, 0.1) is 25.4 Å². The molecule has 0 aromatic carbocycles. The van der Waals surface area contributed by atoms with Gasteiger partial charge in [-0.2, -0.15) is 0 Å². The van der Waals surface area contributed by atoms with Crippen molar-refractivity contribution < 1.29 is 24.5 Å². The van der Waals surface area contributed by atoms with Gasteiger partial charge < -0.3 is 20.3 Å². The summed E-state index contributed by atoms with van der Waals surface area (Å²) in [6, 6.07) is -0.630. The van der Waals surface area contributed by atoms with Gasteiger partial charge >= 0.3 is 5.97 Å². The Morgan fingerprint density at radius 3 is 0.932 bits per heavy atom. The van der Waals surface area contributed by atoms with E-state index in [1.165, 1.54) is 315 Å². The lowest BCUT2D eigenvalue weighted by molar-refractivity contribution is -0.143. The van der Waals surface area contributed by atoms with Gasteiger partial charge in [0.15, 0.2) is 0 Å². The van der Waals surface area contributed by atoms with Gasteiger partial charge in [0.25, 0.3) is 0 Å². The van der Waals surface area contributed by atoms with Crippen LogP contribution in [0, 0.1) is 0 Å². The van der Waals surface area contributed by atoms with Gasteiger partial charge in [-0.25, -0.2) is 0 Å². The minimum absolute atomic E-state index is 0.0110. The normalized spacial score (nSPS) is 12.5. The maximum absolute atomic E-state index is 12.5. The van der Waals surface area contributed by atoms with Gasteiger partial charge in [0.1, 0.15) is 0 Å². The van der Waals surface area contributed by atoms with Crippen molar-refractivity contribution in [3.63, 3.8) is 0 Å². The largest absolute Gasteiger partial charge is 0.466 e. The van der Waals surface area contributed by atoms with Crippen LogP contribution in [-0.2, 0) is 14.3 Å². The molecule has 73 heavy (non-hydrogen) atoms. The average Bonchev–Trinajstić information content (AvgIpc) is 3.39. The number of carbonyl (C=O) groups is 2. The van der Waals surface area contributed by atoms with Gasteiger partial charge in [-0.3, -0.25) is 9.59 Å². The second-order valence-corrected chi connectivity index (χ2v) is 23.2. The summed E-state index contributed by atoms with van der Waals surface area (Å²) in [6.45, 7) is 4.94. The van der Waals surface area contributed by atoms with E-state index in [2.05, 4.69) is 19.2 Å². The molecule has 0 fully saturated rings. The minimum atomic E-state index is -0.847. The molecule has 6 nitrogen and oxygen atoms in total. The Morgan fingerprint density at radius 2 is 0.630 bits per heavy atom. The molecule has 6 heteroatoms. The fourth-order valence-corrected chi connectivity index (χ4v) is 10.7. The van der Waals surface area contributed by atoms with Gasteiger partial charge in [-0.05, 0) is 32.1 Å². The maximum Gasteiger partial charge on any atom is 0.305 e. The first-order valence-electron chi connectivity index (χ1n) is 33.5. The molecule has 2 atom stereocenters. The number of ether oxygens (including phenoxy) is 1. The minimum Gasteiger partial charge on any atom is -0.466 e. The van der Waals surface area contributed by atoms with Crippen LogP contribution in [0.5, 0.6) is 0 Å². The fraction of sp³-hybridized carbons (Fsp3) is 0.940. The van der Waals surface area contributed by atoms with E-state index >= 15 is 0 Å². The third-order valence-electron chi connectivity index (χ3n) is 15.8. The lowest BCUT2D eigenvalue weighted by atomic mass is 10.0. The fourth-order valence-electron chi connectivity index (χ4n) is 10.7. The van der Waals surface area contributed by atoms with Crippen LogP contribution in [-0.4, -0.2) is 47.4 Å². The summed E-state index contributed by atoms with van der Waals surface area (Å²) in [6.07, 6.45) is 76.9. The molecule has 0 aliphatic rings. The molecule has 0 radical (unpaired) electrons. The van der Waals surface area contributed by atoms with Crippen molar-refractivity contribution in [3.8, 4) is 0 Å². The van der Waals surface area contributed by atoms with Gasteiger partial charge in [-0.1, -0.05) is 347 Å². The first-order valence-corrected chi connectivity index (χ1v) is 33.5. The van der Waals surface area contributed by atoms with E-state index in [0.717, 1.165) is 38.5 Å². The molecular weight excluding hydrogens is 899 g/mol. The van der Waals surface area contributed by atoms with E-state index in [9.17, 15) is 19.8 Å². The maximum atomic E-state index is 12.5. The van der Waals surface area contributed by atoms with E-state index in [-0.39, 0.29) is 18.5 Å². The summed E-state index contributed by atoms with van der Waals surface area (Å²) >= 11 is 0. The summed E-state index contributed by atoms with van der Waals surface area (Å²) < 4.78 is 5.48. The van der Waals surface area contributed by atoms with E-state index < -0.39 is 12.1 Å². The van der Waals surface area contributed by atoms with Crippen molar-refractivity contribution in [1.29, 1.82) is 0 Å². The number of unbranched alkanes of at least 4 members (excludes halogenated alkanes) is 52. The van der Waals surface area contributed by atoms with Gasteiger partial charge in [0, 0.05) is 12.8 Å². The molecule has 2 unspecified atom stereocenters. The second kappa shape index (κ2) is 63.1. The molecule has 0 bridgehead atoms. The first-order chi connectivity index (χ1) is 36.0. The highest BCUT2D eigenvalue weighted by molar-refractivity contribution is 5.76. The average molecular weight is 1030 g/mol. The Hall–Kier alpha value is -1.40. The second-order valence-electron chi connectivity index (χ2n) is 23.2. The van der Waals surface area contributed by atoms with Crippen molar-refractivity contribution in [1.82, 2.24) is 5.32 Å². The number of amides is 1. The predicted octanol–water partition coefficient (Wildman–Crippen LogP) is 21.2. The summed E-state index contributed by atoms with van der Waals surface area (Å²) in [5.74, 6) is -0.0551. The summed E-state index contributed by atoms with van der Waals surface area (Å²) in [7, 11) is 0. The van der Waals surface area contributed by atoms with Crippen LogP contribution in [0.4, 0.5) is 0 Å². The van der Waals surface area contributed by atoms with Crippen LogP contribution < -0.4 is 5.32 Å². The quantitative estimate of drug-likeness (QED) is 0.0320. The summed E-state index contributed by atoms with van der Waals surface area (Å²) in [5, 5.41) is 23.3. The summed E-state index contributed by atoms with van der Waals surface area (Å²) in [5.41, 5.74) is 0. The summed E-state index contributed by atoms with van der Waals surface area (Å²) in [4.78, 5) is 24.6. The highest BCUT2D eigenvalue weighted by Gasteiger charge is 2.18. The molecule has 1 amide bonds.